The number of nitrogens with zero attached hydrogens (tertiary/aromatic N) is 2. The molecule has 0 atom stereocenters. The highest BCUT2D eigenvalue weighted by atomic mass is 32.2. The molecule has 3 rings (SSSR count). The van der Waals surface area contributed by atoms with Crippen LogP contribution in [0.1, 0.15) is 28.4 Å². The molecular weight excluding hydrogens is 375 g/mol. The third-order valence-electron chi connectivity index (χ3n) is 5.01. The van der Waals surface area contributed by atoms with E-state index in [1.54, 1.807) is 23.9 Å². The van der Waals surface area contributed by atoms with Crippen LogP contribution in [0.5, 0.6) is 0 Å². The largest absolute Gasteiger partial charge is 0.366 e. The number of Topliss-reactive ketones (excluding diaryl/α,β-unsaturated/α-hetero) is 1. The Kier molecular flexibility index (Phi) is 6.39. The first-order chi connectivity index (χ1) is 13.3. The number of hydrogen-bond donors (Lipinski definition) is 0. The number of piperazine rings is 1. The van der Waals surface area contributed by atoms with Crippen LogP contribution in [0.3, 0.4) is 0 Å². The van der Waals surface area contributed by atoms with Gasteiger partial charge < -0.3 is 9.80 Å². The van der Waals surface area contributed by atoms with Crippen LogP contribution in [-0.2, 0) is 4.79 Å². The lowest BCUT2D eigenvalue weighted by atomic mass is 10.1. The van der Waals surface area contributed by atoms with Gasteiger partial charge in [0.15, 0.2) is 5.78 Å². The van der Waals surface area contributed by atoms with E-state index >= 15 is 0 Å². The first-order valence-corrected chi connectivity index (χ1v) is 10.4. The minimum absolute atomic E-state index is 0.108. The van der Waals surface area contributed by atoms with Crippen LogP contribution in [-0.4, -0.2) is 48.5 Å². The quantitative estimate of drug-likeness (QED) is 0.560. The number of thioether (sulfide) groups is 1. The fourth-order valence-electron chi connectivity index (χ4n) is 3.37. The number of rotatable bonds is 5. The Morgan fingerprint density at radius 1 is 1.04 bits per heavy atom. The summed E-state index contributed by atoms with van der Waals surface area (Å²) in [6.07, 6.45) is 0. The summed E-state index contributed by atoms with van der Waals surface area (Å²) < 4.78 is 14.3. The maximum atomic E-state index is 14.3. The minimum Gasteiger partial charge on any atom is -0.366 e. The average Bonchev–Trinajstić information content (AvgIpc) is 2.67. The number of halogens is 1. The number of aryl methyl sites for hydroxylation is 2. The Balaban J connectivity index is 1.54. The van der Waals surface area contributed by atoms with Gasteiger partial charge in [-0.25, -0.2) is 4.39 Å². The summed E-state index contributed by atoms with van der Waals surface area (Å²) in [6, 6.07) is 10.8. The third kappa shape index (κ3) is 4.73. The van der Waals surface area contributed by atoms with Crippen molar-refractivity contribution < 1.29 is 14.0 Å². The van der Waals surface area contributed by atoms with Crippen LogP contribution in [0.25, 0.3) is 0 Å². The molecule has 28 heavy (non-hydrogen) atoms. The van der Waals surface area contributed by atoms with Crippen molar-refractivity contribution in [1.82, 2.24) is 4.90 Å². The normalized spacial score (nSPS) is 14.3. The summed E-state index contributed by atoms with van der Waals surface area (Å²) in [5.41, 5.74) is 3.26. The Morgan fingerprint density at radius 3 is 2.36 bits per heavy atom. The van der Waals surface area contributed by atoms with Gasteiger partial charge in [0.25, 0.3) is 0 Å². The monoisotopic (exact) mass is 400 g/mol. The van der Waals surface area contributed by atoms with Crippen LogP contribution >= 0.6 is 11.8 Å². The average molecular weight is 401 g/mol. The van der Waals surface area contributed by atoms with Gasteiger partial charge in [-0.3, -0.25) is 9.59 Å². The van der Waals surface area contributed by atoms with Crippen molar-refractivity contribution in [3.63, 3.8) is 0 Å². The van der Waals surface area contributed by atoms with Crippen molar-refractivity contribution in [2.75, 3.05) is 36.8 Å². The van der Waals surface area contributed by atoms with Crippen molar-refractivity contribution in [3.05, 3.63) is 58.9 Å². The molecule has 0 N–H and O–H groups in total. The Bertz CT molecular complexity index is 892. The fourth-order valence-corrected chi connectivity index (χ4v) is 4.28. The summed E-state index contributed by atoms with van der Waals surface area (Å²) in [7, 11) is 0. The maximum absolute atomic E-state index is 14.3. The molecule has 0 aromatic heterocycles. The molecule has 0 radical (unpaired) electrons. The lowest BCUT2D eigenvalue weighted by Crippen LogP contribution is -2.49. The first kappa shape index (κ1) is 20.4. The summed E-state index contributed by atoms with van der Waals surface area (Å²) in [5.74, 6) is -0.0250. The van der Waals surface area contributed by atoms with Gasteiger partial charge in [0.05, 0.1) is 11.4 Å². The molecule has 1 heterocycles. The molecule has 1 fully saturated rings. The van der Waals surface area contributed by atoms with E-state index in [9.17, 15) is 14.0 Å². The molecule has 0 spiro atoms. The molecule has 2 aromatic carbocycles. The molecule has 1 aliphatic rings. The van der Waals surface area contributed by atoms with E-state index in [-0.39, 0.29) is 11.7 Å². The Morgan fingerprint density at radius 2 is 1.75 bits per heavy atom. The fraction of sp³-hybridized carbons (Fsp3) is 0.364. The van der Waals surface area contributed by atoms with E-state index in [4.69, 9.17) is 0 Å². The number of amides is 1. The molecule has 0 saturated carbocycles. The summed E-state index contributed by atoms with van der Waals surface area (Å²) in [4.78, 5) is 28.8. The molecule has 1 amide bonds. The van der Waals surface area contributed by atoms with E-state index in [1.807, 2.05) is 9.80 Å². The van der Waals surface area contributed by atoms with E-state index in [0.29, 0.717) is 43.2 Å². The van der Waals surface area contributed by atoms with E-state index in [1.165, 1.54) is 24.1 Å². The van der Waals surface area contributed by atoms with Gasteiger partial charge in [-0.15, -0.1) is 11.8 Å². The maximum Gasteiger partial charge on any atom is 0.233 e. The standard InChI is InChI=1S/C22H25FN2O2S/c1-15-4-7-21(16(2)12-15)28-14-22(27)25-10-8-24(9-11-25)20-6-5-18(17(3)26)13-19(20)23/h4-7,12-13H,8-11,14H2,1-3H3. The minimum atomic E-state index is -0.391. The zero-order valence-corrected chi connectivity index (χ0v) is 17.3. The number of ketones is 1. The second-order valence-corrected chi connectivity index (χ2v) is 8.17. The van der Waals surface area contributed by atoms with Crippen LogP contribution < -0.4 is 4.90 Å². The van der Waals surface area contributed by atoms with Crippen molar-refractivity contribution in [1.29, 1.82) is 0 Å². The molecule has 148 valence electrons. The molecule has 1 aliphatic heterocycles. The number of benzene rings is 2. The summed E-state index contributed by atoms with van der Waals surface area (Å²) >= 11 is 1.56. The SMILES string of the molecule is CC(=O)c1ccc(N2CCN(C(=O)CSc3ccc(C)cc3C)CC2)c(F)c1. The van der Waals surface area contributed by atoms with Crippen molar-refractivity contribution in [2.45, 2.75) is 25.7 Å². The van der Waals surface area contributed by atoms with Crippen molar-refractivity contribution >= 4 is 29.1 Å². The van der Waals surface area contributed by atoms with Crippen molar-refractivity contribution in [3.8, 4) is 0 Å². The third-order valence-corrected chi connectivity index (χ3v) is 6.17. The lowest BCUT2D eigenvalue weighted by molar-refractivity contribution is -0.128. The van der Waals surface area contributed by atoms with Gasteiger partial charge >= 0.3 is 0 Å². The molecule has 4 nitrogen and oxygen atoms in total. The van der Waals surface area contributed by atoms with Gasteiger partial charge in [0, 0.05) is 36.6 Å². The predicted molar refractivity (Wildman–Crippen MR) is 112 cm³/mol. The number of hydrogen-bond acceptors (Lipinski definition) is 4. The van der Waals surface area contributed by atoms with Crippen molar-refractivity contribution in [2.24, 2.45) is 0 Å². The van der Waals surface area contributed by atoms with Crippen LogP contribution in [0.15, 0.2) is 41.3 Å². The van der Waals surface area contributed by atoms with Crippen LogP contribution in [0.2, 0.25) is 0 Å². The number of anilines is 1. The molecular formula is C22H25FN2O2S. The van der Waals surface area contributed by atoms with Gasteiger partial charge in [-0.1, -0.05) is 17.7 Å². The topological polar surface area (TPSA) is 40.6 Å². The highest BCUT2D eigenvalue weighted by Gasteiger charge is 2.23. The Hall–Kier alpha value is -2.34. The molecule has 0 aliphatic carbocycles. The summed E-state index contributed by atoms with van der Waals surface area (Å²) in [6.45, 7) is 7.84. The number of carbonyl (C=O) groups is 2. The second kappa shape index (κ2) is 8.78. The molecule has 2 aromatic rings. The molecule has 1 saturated heterocycles. The molecule has 0 unspecified atom stereocenters. The van der Waals surface area contributed by atoms with Crippen LogP contribution in [0, 0.1) is 19.7 Å². The second-order valence-electron chi connectivity index (χ2n) is 7.15. The predicted octanol–water partition coefficient (Wildman–Crippen LogP) is 4.09. The van der Waals surface area contributed by atoms with E-state index < -0.39 is 5.82 Å². The van der Waals surface area contributed by atoms with E-state index in [0.717, 1.165) is 4.90 Å². The van der Waals surface area contributed by atoms with Gasteiger partial charge in [0.1, 0.15) is 5.82 Å². The smallest absolute Gasteiger partial charge is 0.233 e. The number of carbonyl (C=O) groups excluding carboxylic acids is 2. The molecule has 0 bridgehead atoms. The lowest BCUT2D eigenvalue weighted by Gasteiger charge is -2.36. The van der Waals surface area contributed by atoms with Gasteiger partial charge in [0.2, 0.25) is 5.91 Å². The Labute approximate surface area is 169 Å². The zero-order chi connectivity index (χ0) is 20.3. The van der Waals surface area contributed by atoms with Crippen LogP contribution in [0.4, 0.5) is 10.1 Å². The highest BCUT2D eigenvalue weighted by molar-refractivity contribution is 8.00. The van der Waals surface area contributed by atoms with Gasteiger partial charge in [-0.2, -0.15) is 0 Å². The highest BCUT2D eigenvalue weighted by Crippen LogP contribution is 2.25. The molecule has 6 heteroatoms. The summed E-state index contributed by atoms with van der Waals surface area (Å²) in [5, 5.41) is 0. The van der Waals surface area contributed by atoms with Gasteiger partial charge in [-0.05, 0) is 50.6 Å². The van der Waals surface area contributed by atoms with E-state index in [2.05, 4.69) is 32.0 Å². The first-order valence-electron chi connectivity index (χ1n) is 9.38. The zero-order valence-electron chi connectivity index (χ0n) is 16.5.